The van der Waals surface area contributed by atoms with Crippen LogP contribution in [0, 0.1) is 10.1 Å². The molecule has 9 nitrogen and oxygen atoms in total. The monoisotopic (exact) mass is 360 g/mol. The van der Waals surface area contributed by atoms with Gasteiger partial charge in [0.25, 0.3) is 17.2 Å². The topological polar surface area (TPSA) is 108 Å². The highest BCUT2D eigenvalue weighted by atomic mass is 16.6. The standard InChI is InChI=1S/C17H20N4O5/c1-12(13-5-4-6-14(11-13)21(24)25)19(2)17(23)15-7-8-16(22)20(18-15)9-10-26-3/h4-8,11-12H,9-10H2,1-3H3. The third kappa shape index (κ3) is 4.31. The molecule has 1 heterocycles. The Morgan fingerprint density at radius 3 is 2.77 bits per heavy atom. The third-order valence-electron chi connectivity index (χ3n) is 4.06. The molecular formula is C17H20N4O5. The average Bonchev–Trinajstić information content (AvgIpc) is 2.65. The molecule has 0 fully saturated rings. The first kappa shape index (κ1) is 19.3. The number of amides is 1. The molecule has 0 spiro atoms. The average molecular weight is 360 g/mol. The number of carbonyl (C=O) groups excluding carboxylic acids is 1. The lowest BCUT2D eigenvalue weighted by Gasteiger charge is -2.25. The van der Waals surface area contributed by atoms with Gasteiger partial charge in [0.15, 0.2) is 0 Å². The van der Waals surface area contributed by atoms with Crippen LogP contribution in [0.3, 0.4) is 0 Å². The van der Waals surface area contributed by atoms with E-state index in [1.165, 1.54) is 41.0 Å². The summed E-state index contributed by atoms with van der Waals surface area (Å²) in [6, 6.07) is 8.35. The van der Waals surface area contributed by atoms with Crippen LogP contribution < -0.4 is 5.56 Å². The summed E-state index contributed by atoms with van der Waals surface area (Å²) in [5.41, 5.74) is 0.373. The van der Waals surface area contributed by atoms with Gasteiger partial charge in [0.1, 0.15) is 5.69 Å². The molecular weight excluding hydrogens is 340 g/mol. The van der Waals surface area contributed by atoms with Gasteiger partial charge >= 0.3 is 0 Å². The molecule has 138 valence electrons. The van der Waals surface area contributed by atoms with E-state index in [1.54, 1.807) is 26.1 Å². The number of benzene rings is 1. The van der Waals surface area contributed by atoms with E-state index in [0.717, 1.165) is 0 Å². The van der Waals surface area contributed by atoms with Crippen LogP contribution in [0.25, 0.3) is 0 Å². The fourth-order valence-corrected chi connectivity index (χ4v) is 2.38. The van der Waals surface area contributed by atoms with E-state index in [4.69, 9.17) is 4.74 Å². The molecule has 1 aromatic heterocycles. The van der Waals surface area contributed by atoms with E-state index in [-0.39, 0.29) is 23.5 Å². The molecule has 0 bridgehead atoms. The van der Waals surface area contributed by atoms with Crippen LogP contribution in [0.1, 0.15) is 29.0 Å². The summed E-state index contributed by atoms with van der Waals surface area (Å²) in [4.78, 5) is 36.4. The van der Waals surface area contributed by atoms with Gasteiger partial charge in [-0.2, -0.15) is 5.10 Å². The molecule has 0 aliphatic carbocycles. The minimum absolute atomic E-state index is 0.0403. The summed E-state index contributed by atoms with van der Waals surface area (Å²) in [6.07, 6.45) is 0. The number of methoxy groups -OCH3 is 1. The fourth-order valence-electron chi connectivity index (χ4n) is 2.38. The van der Waals surface area contributed by atoms with Crippen molar-refractivity contribution in [2.45, 2.75) is 19.5 Å². The van der Waals surface area contributed by atoms with E-state index in [2.05, 4.69) is 5.10 Å². The lowest BCUT2D eigenvalue weighted by Crippen LogP contribution is -2.33. The molecule has 9 heteroatoms. The molecule has 26 heavy (non-hydrogen) atoms. The minimum Gasteiger partial charge on any atom is -0.383 e. The molecule has 1 aromatic carbocycles. The highest BCUT2D eigenvalue weighted by Crippen LogP contribution is 2.23. The van der Waals surface area contributed by atoms with Crippen LogP contribution >= 0.6 is 0 Å². The minimum atomic E-state index is -0.481. The number of rotatable bonds is 7. The van der Waals surface area contributed by atoms with Crippen LogP contribution in [0.2, 0.25) is 0 Å². The second-order valence-electron chi connectivity index (χ2n) is 5.72. The summed E-state index contributed by atoms with van der Waals surface area (Å²) in [7, 11) is 3.09. The van der Waals surface area contributed by atoms with E-state index in [0.29, 0.717) is 12.2 Å². The van der Waals surface area contributed by atoms with Gasteiger partial charge in [0, 0.05) is 32.4 Å². The Kier molecular flexibility index (Phi) is 6.18. The number of nitro groups is 1. The predicted molar refractivity (Wildman–Crippen MR) is 94.0 cm³/mol. The molecule has 2 rings (SSSR count). The largest absolute Gasteiger partial charge is 0.383 e. The van der Waals surface area contributed by atoms with Crippen LogP contribution in [-0.4, -0.2) is 46.3 Å². The number of carbonyl (C=O) groups is 1. The van der Waals surface area contributed by atoms with Gasteiger partial charge in [-0.3, -0.25) is 19.7 Å². The van der Waals surface area contributed by atoms with Crippen molar-refractivity contribution < 1.29 is 14.5 Å². The third-order valence-corrected chi connectivity index (χ3v) is 4.06. The van der Waals surface area contributed by atoms with Gasteiger partial charge in [0.05, 0.1) is 24.1 Å². The zero-order valence-corrected chi connectivity index (χ0v) is 14.8. The molecule has 0 saturated heterocycles. The number of nitrogens with zero attached hydrogens (tertiary/aromatic N) is 4. The fraction of sp³-hybridized carbons (Fsp3) is 0.353. The highest BCUT2D eigenvalue weighted by molar-refractivity contribution is 5.92. The van der Waals surface area contributed by atoms with Gasteiger partial charge < -0.3 is 9.64 Å². The Morgan fingerprint density at radius 1 is 1.38 bits per heavy atom. The first-order valence-electron chi connectivity index (χ1n) is 7.93. The number of non-ortho nitro benzene ring substituents is 1. The maximum Gasteiger partial charge on any atom is 0.274 e. The second-order valence-corrected chi connectivity index (χ2v) is 5.72. The van der Waals surface area contributed by atoms with E-state index >= 15 is 0 Å². The Balaban J connectivity index is 2.24. The van der Waals surface area contributed by atoms with Crippen molar-refractivity contribution >= 4 is 11.6 Å². The van der Waals surface area contributed by atoms with Crippen molar-refractivity contribution in [1.82, 2.24) is 14.7 Å². The molecule has 0 aliphatic rings. The van der Waals surface area contributed by atoms with Crippen molar-refractivity contribution in [3.05, 3.63) is 68.1 Å². The molecule has 1 atom stereocenters. The number of hydrogen-bond acceptors (Lipinski definition) is 6. The van der Waals surface area contributed by atoms with Gasteiger partial charge in [-0.15, -0.1) is 0 Å². The molecule has 0 saturated carbocycles. The van der Waals surface area contributed by atoms with Crippen molar-refractivity contribution in [1.29, 1.82) is 0 Å². The normalized spacial score (nSPS) is 11.8. The first-order valence-corrected chi connectivity index (χ1v) is 7.93. The SMILES string of the molecule is COCCn1nc(C(=O)N(C)C(C)c2cccc([N+](=O)[O-])c2)ccc1=O. The lowest BCUT2D eigenvalue weighted by atomic mass is 10.1. The summed E-state index contributed by atoms with van der Waals surface area (Å²) in [6.45, 7) is 2.29. The quantitative estimate of drug-likeness (QED) is 0.548. The Morgan fingerprint density at radius 2 is 2.12 bits per heavy atom. The van der Waals surface area contributed by atoms with Crippen molar-refractivity contribution in [2.75, 3.05) is 20.8 Å². The number of aromatic nitrogens is 2. The number of nitro benzene ring substituents is 1. The number of ether oxygens (including phenoxy) is 1. The Labute approximate surface area is 150 Å². The van der Waals surface area contributed by atoms with Gasteiger partial charge in [-0.05, 0) is 18.6 Å². The van der Waals surface area contributed by atoms with Crippen LogP contribution in [0.5, 0.6) is 0 Å². The molecule has 1 amide bonds. The summed E-state index contributed by atoms with van der Waals surface area (Å²) >= 11 is 0. The van der Waals surface area contributed by atoms with Gasteiger partial charge in [-0.1, -0.05) is 12.1 Å². The zero-order chi connectivity index (χ0) is 19.3. The molecule has 0 aliphatic heterocycles. The van der Waals surface area contributed by atoms with Gasteiger partial charge in [-0.25, -0.2) is 4.68 Å². The summed E-state index contributed by atoms with van der Waals surface area (Å²) in [5.74, 6) is -0.393. The lowest BCUT2D eigenvalue weighted by molar-refractivity contribution is -0.384. The van der Waals surface area contributed by atoms with Crippen molar-refractivity contribution in [3.8, 4) is 0 Å². The Hall–Kier alpha value is -3.07. The summed E-state index contributed by atoms with van der Waals surface area (Å²) < 4.78 is 6.09. The smallest absolute Gasteiger partial charge is 0.274 e. The first-order chi connectivity index (χ1) is 12.3. The maximum atomic E-state index is 12.7. The number of hydrogen-bond donors (Lipinski definition) is 0. The highest BCUT2D eigenvalue weighted by Gasteiger charge is 2.22. The summed E-state index contributed by atoms with van der Waals surface area (Å²) in [5, 5.41) is 15.0. The predicted octanol–water partition coefficient (Wildman–Crippen LogP) is 1.63. The maximum absolute atomic E-state index is 12.7. The van der Waals surface area contributed by atoms with Crippen LogP contribution in [-0.2, 0) is 11.3 Å². The van der Waals surface area contributed by atoms with Crippen LogP contribution in [0.15, 0.2) is 41.2 Å². The molecule has 1 unspecified atom stereocenters. The molecule has 0 radical (unpaired) electrons. The molecule has 2 aromatic rings. The molecule has 0 N–H and O–H groups in total. The van der Waals surface area contributed by atoms with Crippen LogP contribution in [0.4, 0.5) is 5.69 Å². The van der Waals surface area contributed by atoms with E-state index < -0.39 is 16.9 Å². The van der Waals surface area contributed by atoms with Crippen molar-refractivity contribution in [3.63, 3.8) is 0 Å². The second kappa shape index (κ2) is 8.34. The van der Waals surface area contributed by atoms with E-state index in [9.17, 15) is 19.7 Å². The van der Waals surface area contributed by atoms with Crippen molar-refractivity contribution in [2.24, 2.45) is 0 Å². The Bertz CT molecular complexity index is 864. The van der Waals surface area contributed by atoms with E-state index in [1.807, 2.05) is 0 Å². The zero-order valence-electron chi connectivity index (χ0n) is 14.8. The van der Waals surface area contributed by atoms with Gasteiger partial charge in [0.2, 0.25) is 0 Å².